The van der Waals surface area contributed by atoms with Gasteiger partial charge in [-0.1, -0.05) is 13.8 Å². The van der Waals surface area contributed by atoms with Gasteiger partial charge in [0.1, 0.15) is 5.82 Å². The van der Waals surface area contributed by atoms with Crippen molar-refractivity contribution >= 4 is 0 Å². The number of hydrogen-bond donors (Lipinski definition) is 1. The Hall–Kier alpha value is -0.960. The predicted octanol–water partition coefficient (Wildman–Crippen LogP) is 2.04. The average molecular weight is 208 g/mol. The first-order chi connectivity index (χ1) is 6.97. The van der Waals surface area contributed by atoms with E-state index in [1.165, 1.54) is 0 Å². The van der Waals surface area contributed by atoms with Gasteiger partial charge in [-0.25, -0.2) is 9.97 Å². The van der Waals surface area contributed by atoms with Crippen molar-refractivity contribution in [3.8, 4) is 0 Å². The Kier molecular flexibility index (Phi) is 4.21. The SMILES string of the molecule is Cc1cc(CC(O)CC(C)C)nc(C)n1. The maximum absolute atomic E-state index is 9.79. The largest absolute Gasteiger partial charge is 0.393 e. The maximum atomic E-state index is 9.79. The van der Waals surface area contributed by atoms with E-state index in [1.807, 2.05) is 19.9 Å². The molecule has 15 heavy (non-hydrogen) atoms. The molecule has 0 spiro atoms. The fourth-order valence-electron chi connectivity index (χ4n) is 1.77. The Labute approximate surface area is 91.6 Å². The van der Waals surface area contributed by atoms with Crippen molar-refractivity contribution in [2.75, 3.05) is 0 Å². The van der Waals surface area contributed by atoms with Crippen molar-refractivity contribution in [3.63, 3.8) is 0 Å². The highest BCUT2D eigenvalue weighted by atomic mass is 16.3. The van der Waals surface area contributed by atoms with Crippen LogP contribution < -0.4 is 0 Å². The summed E-state index contributed by atoms with van der Waals surface area (Å²) in [6, 6.07) is 1.94. The van der Waals surface area contributed by atoms with Crippen LogP contribution in [0.2, 0.25) is 0 Å². The normalized spacial score (nSPS) is 13.2. The topological polar surface area (TPSA) is 46.0 Å². The molecular weight excluding hydrogens is 188 g/mol. The summed E-state index contributed by atoms with van der Waals surface area (Å²) < 4.78 is 0. The summed E-state index contributed by atoms with van der Waals surface area (Å²) in [5, 5.41) is 9.79. The lowest BCUT2D eigenvalue weighted by Gasteiger charge is -2.12. The Bertz CT molecular complexity index is 303. The van der Waals surface area contributed by atoms with Gasteiger partial charge in [0, 0.05) is 17.8 Å². The van der Waals surface area contributed by atoms with Gasteiger partial charge in [0.15, 0.2) is 0 Å². The molecule has 1 atom stereocenters. The third-order valence-corrected chi connectivity index (χ3v) is 2.21. The molecule has 1 heterocycles. The lowest BCUT2D eigenvalue weighted by molar-refractivity contribution is 0.148. The summed E-state index contributed by atoms with van der Waals surface area (Å²) in [6.07, 6.45) is 1.16. The molecule has 0 aliphatic carbocycles. The number of nitrogens with zero attached hydrogens (tertiary/aromatic N) is 2. The van der Waals surface area contributed by atoms with Crippen LogP contribution in [0.5, 0.6) is 0 Å². The number of aryl methyl sites for hydroxylation is 2. The highest BCUT2D eigenvalue weighted by Crippen LogP contribution is 2.10. The Morgan fingerprint density at radius 3 is 2.47 bits per heavy atom. The van der Waals surface area contributed by atoms with Gasteiger partial charge in [-0.05, 0) is 32.3 Å². The van der Waals surface area contributed by atoms with Crippen LogP contribution in [-0.2, 0) is 6.42 Å². The molecule has 1 aromatic heterocycles. The molecule has 1 rings (SSSR count). The lowest BCUT2D eigenvalue weighted by Crippen LogP contribution is -2.15. The van der Waals surface area contributed by atoms with Crippen LogP contribution in [0.1, 0.15) is 37.5 Å². The van der Waals surface area contributed by atoms with Crippen LogP contribution in [0.25, 0.3) is 0 Å². The zero-order valence-corrected chi connectivity index (χ0v) is 9.99. The summed E-state index contributed by atoms with van der Waals surface area (Å²) in [5.41, 5.74) is 1.90. The fraction of sp³-hybridized carbons (Fsp3) is 0.667. The molecule has 0 radical (unpaired) electrons. The van der Waals surface area contributed by atoms with E-state index in [1.54, 1.807) is 0 Å². The number of aromatic nitrogens is 2. The van der Waals surface area contributed by atoms with Crippen LogP contribution in [0.3, 0.4) is 0 Å². The minimum atomic E-state index is -0.293. The van der Waals surface area contributed by atoms with Gasteiger partial charge in [0.05, 0.1) is 6.10 Å². The molecule has 0 aliphatic rings. The molecule has 0 saturated carbocycles. The molecule has 1 N–H and O–H groups in total. The molecule has 0 bridgehead atoms. The Morgan fingerprint density at radius 1 is 1.27 bits per heavy atom. The highest BCUT2D eigenvalue weighted by Gasteiger charge is 2.09. The van der Waals surface area contributed by atoms with E-state index in [9.17, 15) is 5.11 Å². The van der Waals surface area contributed by atoms with E-state index in [0.717, 1.165) is 23.6 Å². The van der Waals surface area contributed by atoms with Crippen LogP contribution in [0, 0.1) is 19.8 Å². The molecule has 0 amide bonds. The first-order valence-electron chi connectivity index (χ1n) is 5.46. The number of aliphatic hydroxyl groups excluding tert-OH is 1. The molecule has 0 fully saturated rings. The van der Waals surface area contributed by atoms with E-state index >= 15 is 0 Å². The average Bonchev–Trinajstić information content (AvgIpc) is 1.98. The zero-order valence-electron chi connectivity index (χ0n) is 9.99. The van der Waals surface area contributed by atoms with Crippen molar-refractivity contribution in [2.24, 2.45) is 5.92 Å². The van der Waals surface area contributed by atoms with E-state index < -0.39 is 0 Å². The molecule has 3 heteroatoms. The van der Waals surface area contributed by atoms with Crippen LogP contribution in [0.15, 0.2) is 6.07 Å². The summed E-state index contributed by atoms with van der Waals surface area (Å²) >= 11 is 0. The molecule has 1 aromatic rings. The third kappa shape index (κ3) is 4.38. The Balaban J connectivity index is 2.63. The van der Waals surface area contributed by atoms with E-state index in [0.29, 0.717) is 12.3 Å². The molecule has 3 nitrogen and oxygen atoms in total. The first kappa shape index (κ1) is 12.1. The summed E-state index contributed by atoms with van der Waals surface area (Å²) in [5.74, 6) is 1.30. The van der Waals surface area contributed by atoms with Crippen molar-refractivity contribution in [1.29, 1.82) is 0 Å². The van der Waals surface area contributed by atoms with Crippen LogP contribution >= 0.6 is 0 Å². The second-order valence-electron chi connectivity index (χ2n) is 4.54. The number of hydrogen-bond acceptors (Lipinski definition) is 3. The lowest BCUT2D eigenvalue weighted by atomic mass is 10.0. The third-order valence-electron chi connectivity index (χ3n) is 2.21. The smallest absolute Gasteiger partial charge is 0.125 e. The predicted molar refractivity (Wildman–Crippen MR) is 60.7 cm³/mol. The molecule has 0 aromatic carbocycles. The van der Waals surface area contributed by atoms with E-state index in [-0.39, 0.29) is 6.10 Å². The highest BCUT2D eigenvalue weighted by molar-refractivity contribution is 5.10. The van der Waals surface area contributed by atoms with Crippen molar-refractivity contribution in [3.05, 3.63) is 23.3 Å². The zero-order chi connectivity index (χ0) is 11.4. The summed E-state index contributed by atoms with van der Waals surface area (Å²) in [4.78, 5) is 8.52. The van der Waals surface area contributed by atoms with Gasteiger partial charge in [0.2, 0.25) is 0 Å². The van der Waals surface area contributed by atoms with E-state index in [4.69, 9.17) is 0 Å². The molecule has 0 saturated heterocycles. The van der Waals surface area contributed by atoms with Gasteiger partial charge < -0.3 is 5.11 Å². The van der Waals surface area contributed by atoms with Crippen molar-refractivity contribution in [2.45, 2.75) is 46.6 Å². The van der Waals surface area contributed by atoms with Crippen molar-refractivity contribution < 1.29 is 5.11 Å². The summed E-state index contributed by atoms with van der Waals surface area (Å²) in [7, 11) is 0. The van der Waals surface area contributed by atoms with E-state index in [2.05, 4.69) is 23.8 Å². The van der Waals surface area contributed by atoms with Gasteiger partial charge in [0.25, 0.3) is 0 Å². The maximum Gasteiger partial charge on any atom is 0.125 e. The first-order valence-corrected chi connectivity index (χ1v) is 5.46. The standard InChI is InChI=1S/C12H20N2O/c1-8(2)5-12(15)7-11-6-9(3)13-10(4)14-11/h6,8,12,15H,5,7H2,1-4H3. The number of aliphatic hydroxyl groups is 1. The van der Waals surface area contributed by atoms with Crippen LogP contribution in [0.4, 0.5) is 0 Å². The minimum absolute atomic E-state index is 0.293. The molecular formula is C12H20N2O. The molecule has 1 unspecified atom stereocenters. The number of rotatable bonds is 4. The van der Waals surface area contributed by atoms with Gasteiger partial charge in [-0.3, -0.25) is 0 Å². The monoisotopic (exact) mass is 208 g/mol. The van der Waals surface area contributed by atoms with Crippen LogP contribution in [-0.4, -0.2) is 21.2 Å². The van der Waals surface area contributed by atoms with Gasteiger partial charge >= 0.3 is 0 Å². The second-order valence-corrected chi connectivity index (χ2v) is 4.54. The molecule has 0 aliphatic heterocycles. The second kappa shape index (κ2) is 5.21. The Morgan fingerprint density at radius 2 is 1.93 bits per heavy atom. The minimum Gasteiger partial charge on any atom is -0.393 e. The van der Waals surface area contributed by atoms with Crippen molar-refractivity contribution in [1.82, 2.24) is 9.97 Å². The van der Waals surface area contributed by atoms with Gasteiger partial charge in [-0.2, -0.15) is 0 Å². The van der Waals surface area contributed by atoms with Gasteiger partial charge in [-0.15, -0.1) is 0 Å². The quantitative estimate of drug-likeness (QED) is 0.823. The fourth-order valence-corrected chi connectivity index (χ4v) is 1.77. The summed E-state index contributed by atoms with van der Waals surface area (Å²) in [6.45, 7) is 8.05. The molecule has 84 valence electrons.